The predicted molar refractivity (Wildman–Crippen MR) is 108 cm³/mol. The maximum Gasteiger partial charge on any atom is 0.229 e. The molecule has 0 unspecified atom stereocenters. The van der Waals surface area contributed by atoms with Crippen molar-refractivity contribution in [2.75, 3.05) is 10.6 Å². The first-order valence-electron chi connectivity index (χ1n) is 9.28. The number of halogens is 2. The number of ketones is 1. The van der Waals surface area contributed by atoms with E-state index in [4.69, 9.17) is 0 Å². The first-order chi connectivity index (χ1) is 13.8. The Morgan fingerprint density at radius 2 is 1.38 bits per heavy atom. The zero-order valence-electron chi connectivity index (χ0n) is 16.1. The van der Waals surface area contributed by atoms with E-state index in [0.29, 0.717) is 47.2 Å². The lowest BCUT2D eigenvalue weighted by Gasteiger charge is -2.30. The Hall–Kier alpha value is -3.35. The molecule has 148 valence electrons. The molecule has 2 N–H and O–H groups in total. The topological polar surface area (TPSA) is 66.9 Å². The fourth-order valence-corrected chi connectivity index (χ4v) is 3.45. The number of hydrogen-bond donors (Lipinski definition) is 2. The molecule has 0 fully saturated rings. The predicted octanol–water partition coefficient (Wildman–Crippen LogP) is 5.40. The van der Waals surface area contributed by atoms with Crippen LogP contribution in [-0.4, -0.2) is 15.8 Å². The molecule has 1 aromatic heterocycles. The van der Waals surface area contributed by atoms with Gasteiger partial charge >= 0.3 is 0 Å². The highest BCUT2D eigenvalue weighted by atomic mass is 19.1. The molecule has 4 rings (SSSR count). The van der Waals surface area contributed by atoms with Crippen molar-refractivity contribution in [3.05, 3.63) is 71.4 Å². The zero-order valence-corrected chi connectivity index (χ0v) is 16.1. The van der Waals surface area contributed by atoms with Gasteiger partial charge in [-0.25, -0.2) is 13.8 Å². The monoisotopic (exact) mass is 394 g/mol. The van der Waals surface area contributed by atoms with Crippen molar-refractivity contribution in [3.8, 4) is 0 Å². The van der Waals surface area contributed by atoms with E-state index in [1.165, 1.54) is 24.3 Å². The Kier molecular flexibility index (Phi) is 4.74. The van der Waals surface area contributed by atoms with E-state index in [0.717, 1.165) is 0 Å². The highest BCUT2D eigenvalue weighted by Gasteiger charge is 2.35. The van der Waals surface area contributed by atoms with Gasteiger partial charge < -0.3 is 10.6 Å². The summed E-state index contributed by atoms with van der Waals surface area (Å²) in [6.07, 6.45) is 1.01. The molecule has 0 spiro atoms. The van der Waals surface area contributed by atoms with Crippen LogP contribution in [0.15, 0.2) is 48.5 Å². The summed E-state index contributed by atoms with van der Waals surface area (Å²) in [5.74, 6) is -0.0592. The number of fused-ring (bicyclic) bond motifs is 1. The summed E-state index contributed by atoms with van der Waals surface area (Å²) in [4.78, 5) is 21.9. The number of rotatable bonds is 4. The van der Waals surface area contributed by atoms with Crippen molar-refractivity contribution in [2.24, 2.45) is 5.41 Å². The van der Waals surface area contributed by atoms with E-state index < -0.39 is 0 Å². The average Bonchev–Trinajstić information content (AvgIpc) is 2.64. The van der Waals surface area contributed by atoms with Gasteiger partial charge in [-0.15, -0.1) is 0 Å². The second-order valence-corrected chi connectivity index (χ2v) is 7.92. The number of anilines is 4. The van der Waals surface area contributed by atoms with E-state index in [1.807, 2.05) is 13.8 Å². The normalized spacial score (nSPS) is 15.0. The molecule has 0 amide bonds. The molecule has 1 aliphatic rings. The molecule has 0 aliphatic heterocycles. The van der Waals surface area contributed by atoms with E-state index >= 15 is 0 Å². The molecule has 7 heteroatoms. The maximum absolute atomic E-state index is 13.2. The van der Waals surface area contributed by atoms with Gasteiger partial charge in [0.1, 0.15) is 17.5 Å². The van der Waals surface area contributed by atoms with Gasteiger partial charge in [0.25, 0.3) is 0 Å². The van der Waals surface area contributed by atoms with E-state index in [2.05, 4.69) is 20.6 Å². The summed E-state index contributed by atoms with van der Waals surface area (Å²) in [7, 11) is 0. The average molecular weight is 394 g/mol. The van der Waals surface area contributed by atoms with Crippen molar-refractivity contribution in [1.29, 1.82) is 0 Å². The lowest BCUT2D eigenvalue weighted by Crippen LogP contribution is -2.29. The number of nitrogens with zero attached hydrogens (tertiary/aromatic N) is 2. The third-order valence-corrected chi connectivity index (χ3v) is 4.76. The molecule has 0 saturated heterocycles. The van der Waals surface area contributed by atoms with Crippen molar-refractivity contribution in [3.63, 3.8) is 0 Å². The highest BCUT2D eigenvalue weighted by molar-refractivity contribution is 6.03. The van der Waals surface area contributed by atoms with Crippen LogP contribution in [0, 0.1) is 17.0 Å². The fourth-order valence-electron chi connectivity index (χ4n) is 3.45. The summed E-state index contributed by atoms with van der Waals surface area (Å²) in [5, 5.41) is 6.17. The summed E-state index contributed by atoms with van der Waals surface area (Å²) >= 11 is 0. The molecule has 0 bridgehead atoms. The van der Waals surface area contributed by atoms with E-state index in [9.17, 15) is 13.6 Å². The molecule has 0 saturated carbocycles. The van der Waals surface area contributed by atoms with Crippen molar-refractivity contribution in [1.82, 2.24) is 9.97 Å². The van der Waals surface area contributed by atoms with Gasteiger partial charge in [0.2, 0.25) is 5.95 Å². The van der Waals surface area contributed by atoms with E-state index in [1.54, 1.807) is 24.3 Å². The van der Waals surface area contributed by atoms with Crippen molar-refractivity contribution < 1.29 is 13.6 Å². The molecule has 0 atom stereocenters. The van der Waals surface area contributed by atoms with E-state index in [-0.39, 0.29) is 22.8 Å². The smallest absolute Gasteiger partial charge is 0.229 e. The maximum atomic E-state index is 13.2. The van der Waals surface area contributed by atoms with Crippen LogP contribution in [-0.2, 0) is 6.42 Å². The number of hydrogen-bond acceptors (Lipinski definition) is 5. The third kappa shape index (κ3) is 4.23. The Balaban J connectivity index is 1.75. The summed E-state index contributed by atoms with van der Waals surface area (Å²) in [5.41, 5.74) is 2.13. The van der Waals surface area contributed by atoms with Gasteiger partial charge in [0.15, 0.2) is 5.78 Å². The molecule has 1 heterocycles. The van der Waals surface area contributed by atoms with Crippen LogP contribution < -0.4 is 10.6 Å². The number of aromatic nitrogens is 2. The van der Waals surface area contributed by atoms with Gasteiger partial charge in [0.05, 0.1) is 11.3 Å². The first-order valence-corrected chi connectivity index (χ1v) is 9.28. The number of carbonyl (C=O) groups is 1. The molecule has 29 heavy (non-hydrogen) atoms. The van der Waals surface area contributed by atoms with Gasteiger partial charge in [-0.3, -0.25) is 4.79 Å². The number of carbonyl (C=O) groups excluding carboxylic acids is 1. The minimum atomic E-state index is -0.350. The van der Waals surface area contributed by atoms with Gasteiger partial charge in [-0.1, -0.05) is 13.8 Å². The Labute approximate surface area is 167 Å². The lowest BCUT2D eigenvalue weighted by atomic mass is 9.75. The summed E-state index contributed by atoms with van der Waals surface area (Å²) in [6, 6.07) is 11.7. The zero-order chi connectivity index (χ0) is 20.6. The standard InChI is InChI=1S/C22H20F2N4O/c1-22(2)11-17-19(18(29)12-22)20(25-15-7-3-13(23)4-8-15)28-21(27-17)26-16-9-5-14(24)6-10-16/h3-10H,11-12H2,1-2H3,(H2,25,26,27,28). The van der Waals surface area contributed by atoms with Gasteiger partial charge in [-0.05, 0) is 60.4 Å². The SMILES string of the molecule is CC1(C)CC(=O)c2c(nc(Nc3ccc(F)cc3)nc2Nc2ccc(F)cc2)C1. The van der Waals surface area contributed by atoms with Crippen LogP contribution in [0.4, 0.5) is 31.9 Å². The molecular weight excluding hydrogens is 374 g/mol. The Morgan fingerprint density at radius 1 is 0.828 bits per heavy atom. The van der Waals surface area contributed by atoms with Crippen molar-refractivity contribution in [2.45, 2.75) is 26.7 Å². The van der Waals surface area contributed by atoms with Crippen LogP contribution in [0.3, 0.4) is 0 Å². The number of benzene rings is 2. The van der Waals surface area contributed by atoms with Crippen LogP contribution in [0.25, 0.3) is 0 Å². The Bertz CT molecular complexity index is 1060. The highest BCUT2D eigenvalue weighted by Crippen LogP contribution is 2.37. The number of Topliss-reactive ketones (excluding diaryl/α,β-unsaturated/α-hetero) is 1. The molecule has 1 aliphatic carbocycles. The third-order valence-electron chi connectivity index (χ3n) is 4.76. The molecule has 2 aromatic carbocycles. The van der Waals surface area contributed by atoms with Crippen LogP contribution in [0.5, 0.6) is 0 Å². The van der Waals surface area contributed by atoms with Crippen molar-refractivity contribution >= 4 is 28.9 Å². The molecule has 5 nitrogen and oxygen atoms in total. The quantitative estimate of drug-likeness (QED) is 0.620. The largest absolute Gasteiger partial charge is 0.339 e. The lowest BCUT2D eigenvalue weighted by molar-refractivity contribution is 0.0911. The Morgan fingerprint density at radius 3 is 1.97 bits per heavy atom. The van der Waals surface area contributed by atoms with Crippen LogP contribution >= 0.6 is 0 Å². The van der Waals surface area contributed by atoms with Crippen LogP contribution in [0.2, 0.25) is 0 Å². The van der Waals surface area contributed by atoms with Gasteiger partial charge in [0, 0.05) is 17.8 Å². The summed E-state index contributed by atoms with van der Waals surface area (Å²) in [6.45, 7) is 4.05. The second kappa shape index (κ2) is 7.24. The minimum Gasteiger partial charge on any atom is -0.339 e. The first kappa shape index (κ1) is 19.0. The van der Waals surface area contributed by atoms with Gasteiger partial charge in [-0.2, -0.15) is 4.98 Å². The molecule has 0 radical (unpaired) electrons. The fraction of sp³-hybridized carbons (Fsp3) is 0.227. The number of nitrogens with one attached hydrogen (secondary N) is 2. The van der Waals surface area contributed by atoms with Crippen LogP contribution in [0.1, 0.15) is 36.3 Å². The minimum absolute atomic E-state index is 0.0332. The second-order valence-electron chi connectivity index (χ2n) is 7.92. The summed E-state index contributed by atoms with van der Waals surface area (Å²) < 4.78 is 26.4. The molecule has 3 aromatic rings. The molecular formula is C22H20F2N4O.